The van der Waals surface area contributed by atoms with Crippen LogP contribution in [0.2, 0.25) is 0 Å². The van der Waals surface area contributed by atoms with E-state index in [9.17, 15) is 0 Å². The number of nitrogens with one attached hydrogen (secondary N) is 1. The van der Waals surface area contributed by atoms with Gasteiger partial charge in [0, 0.05) is 4.88 Å². The fourth-order valence-corrected chi connectivity index (χ4v) is 5.03. The Balaban J connectivity index is 2.34. The normalized spacial score (nSPS) is 30.6. The second-order valence-corrected chi connectivity index (χ2v) is 7.94. The van der Waals surface area contributed by atoms with Crippen LogP contribution in [0, 0.1) is 18.8 Å². The van der Waals surface area contributed by atoms with Crippen molar-refractivity contribution in [3.05, 3.63) is 15.6 Å². The largest absolute Gasteiger partial charge is 0.305 e. The van der Waals surface area contributed by atoms with Crippen molar-refractivity contribution in [1.82, 2.24) is 10.3 Å². The molecule has 1 fully saturated rings. The van der Waals surface area contributed by atoms with Gasteiger partial charge >= 0.3 is 0 Å². The smallest absolute Gasteiger partial charge is 0.113 e. The summed E-state index contributed by atoms with van der Waals surface area (Å²) in [5, 5.41) is 5.22. The van der Waals surface area contributed by atoms with E-state index in [1.54, 1.807) is 0 Å². The van der Waals surface area contributed by atoms with Crippen molar-refractivity contribution in [2.24, 2.45) is 11.8 Å². The van der Waals surface area contributed by atoms with E-state index in [0.717, 1.165) is 24.8 Å². The Morgan fingerprint density at radius 3 is 2.40 bits per heavy atom. The Labute approximate surface area is 128 Å². The SMILES string of the molecule is CCCNC1(c2nc(CC)c(C)s2)CC(C)CC(C)C1. The lowest BCUT2D eigenvalue weighted by Gasteiger charge is -2.42. The van der Waals surface area contributed by atoms with Gasteiger partial charge in [-0.2, -0.15) is 0 Å². The van der Waals surface area contributed by atoms with E-state index >= 15 is 0 Å². The lowest BCUT2D eigenvalue weighted by atomic mass is 9.72. The quantitative estimate of drug-likeness (QED) is 0.854. The maximum atomic E-state index is 5.00. The monoisotopic (exact) mass is 294 g/mol. The van der Waals surface area contributed by atoms with E-state index in [4.69, 9.17) is 4.98 Å². The lowest BCUT2D eigenvalue weighted by Crippen LogP contribution is -2.48. The van der Waals surface area contributed by atoms with E-state index < -0.39 is 0 Å². The molecule has 0 saturated heterocycles. The summed E-state index contributed by atoms with van der Waals surface area (Å²) in [5.74, 6) is 1.58. The van der Waals surface area contributed by atoms with Gasteiger partial charge in [0.05, 0.1) is 11.2 Å². The number of aromatic nitrogens is 1. The number of thiazole rings is 1. The zero-order valence-electron chi connectivity index (χ0n) is 13.8. The summed E-state index contributed by atoms with van der Waals surface area (Å²) in [5.41, 5.74) is 1.43. The third-order valence-electron chi connectivity index (χ3n) is 4.55. The summed E-state index contributed by atoms with van der Waals surface area (Å²) in [6.45, 7) is 12.6. The molecule has 0 aliphatic heterocycles. The second-order valence-electron chi connectivity index (χ2n) is 6.74. The molecule has 1 aromatic rings. The van der Waals surface area contributed by atoms with Gasteiger partial charge in [0.2, 0.25) is 0 Å². The van der Waals surface area contributed by atoms with Crippen molar-refractivity contribution < 1.29 is 0 Å². The Hall–Kier alpha value is -0.410. The minimum atomic E-state index is 0.135. The second kappa shape index (κ2) is 6.57. The van der Waals surface area contributed by atoms with Gasteiger partial charge in [-0.1, -0.05) is 27.7 Å². The highest BCUT2D eigenvalue weighted by molar-refractivity contribution is 7.11. The molecule has 1 aliphatic rings. The van der Waals surface area contributed by atoms with Crippen LogP contribution in [0.1, 0.15) is 69.0 Å². The molecule has 0 bridgehead atoms. The third-order valence-corrected chi connectivity index (χ3v) is 5.77. The molecular weight excluding hydrogens is 264 g/mol. The molecule has 20 heavy (non-hydrogen) atoms. The van der Waals surface area contributed by atoms with Gasteiger partial charge in [-0.3, -0.25) is 0 Å². The predicted molar refractivity (Wildman–Crippen MR) is 88.4 cm³/mol. The van der Waals surface area contributed by atoms with Gasteiger partial charge in [0.1, 0.15) is 5.01 Å². The summed E-state index contributed by atoms with van der Waals surface area (Å²) < 4.78 is 0. The number of aryl methyl sites for hydroxylation is 2. The van der Waals surface area contributed by atoms with E-state index in [2.05, 4.69) is 39.9 Å². The average molecular weight is 295 g/mol. The number of hydrogen-bond donors (Lipinski definition) is 1. The molecule has 0 radical (unpaired) electrons. The third kappa shape index (κ3) is 3.25. The zero-order chi connectivity index (χ0) is 14.8. The predicted octanol–water partition coefficient (Wildman–Crippen LogP) is 4.66. The highest BCUT2D eigenvalue weighted by atomic mass is 32.1. The van der Waals surface area contributed by atoms with Crippen LogP contribution in [0.5, 0.6) is 0 Å². The molecule has 0 spiro atoms. The van der Waals surface area contributed by atoms with Crippen molar-refractivity contribution in [2.75, 3.05) is 6.54 Å². The fourth-order valence-electron chi connectivity index (χ4n) is 3.85. The lowest BCUT2D eigenvalue weighted by molar-refractivity contribution is 0.143. The van der Waals surface area contributed by atoms with Crippen LogP contribution in [-0.4, -0.2) is 11.5 Å². The van der Waals surface area contributed by atoms with Gasteiger partial charge < -0.3 is 5.32 Å². The van der Waals surface area contributed by atoms with Crippen molar-refractivity contribution >= 4 is 11.3 Å². The van der Waals surface area contributed by atoms with Crippen molar-refractivity contribution in [3.8, 4) is 0 Å². The Morgan fingerprint density at radius 2 is 1.90 bits per heavy atom. The van der Waals surface area contributed by atoms with Gasteiger partial charge in [-0.25, -0.2) is 4.98 Å². The topological polar surface area (TPSA) is 24.9 Å². The summed E-state index contributed by atoms with van der Waals surface area (Å²) in [6.07, 6.45) is 6.09. The van der Waals surface area contributed by atoms with Gasteiger partial charge in [0.25, 0.3) is 0 Å². The molecule has 0 amide bonds. The summed E-state index contributed by atoms with van der Waals surface area (Å²) in [6, 6.07) is 0. The molecular formula is C17H30N2S. The van der Waals surface area contributed by atoms with Crippen molar-refractivity contribution in [3.63, 3.8) is 0 Å². The Morgan fingerprint density at radius 1 is 1.25 bits per heavy atom. The molecule has 1 N–H and O–H groups in total. The van der Waals surface area contributed by atoms with E-state index in [1.807, 2.05) is 11.3 Å². The summed E-state index contributed by atoms with van der Waals surface area (Å²) in [7, 11) is 0. The minimum Gasteiger partial charge on any atom is -0.305 e. The van der Waals surface area contributed by atoms with Crippen LogP contribution in [0.4, 0.5) is 0 Å². The first-order valence-corrected chi connectivity index (χ1v) is 9.04. The number of nitrogens with zero attached hydrogens (tertiary/aromatic N) is 1. The molecule has 114 valence electrons. The first kappa shape index (κ1) is 16.0. The van der Waals surface area contributed by atoms with Crippen molar-refractivity contribution in [1.29, 1.82) is 0 Å². The highest BCUT2D eigenvalue weighted by Crippen LogP contribution is 2.44. The fraction of sp³-hybridized carbons (Fsp3) is 0.824. The molecule has 1 saturated carbocycles. The molecule has 1 aliphatic carbocycles. The van der Waals surface area contributed by atoms with Crippen LogP contribution < -0.4 is 5.32 Å². The Kier molecular flexibility index (Phi) is 5.25. The maximum absolute atomic E-state index is 5.00. The first-order chi connectivity index (χ1) is 9.50. The van der Waals surface area contributed by atoms with Crippen LogP contribution in [0.3, 0.4) is 0 Å². The first-order valence-electron chi connectivity index (χ1n) is 8.22. The molecule has 1 aromatic heterocycles. The number of rotatable bonds is 5. The van der Waals surface area contributed by atoms with E-state index in [1.165, 1.54) is 41.3 Å². The van der Waals surface area contributed by atoms with Gasteiger partial charge in [-0.05, 0) is 57.4 Å². The highest BCUT2D eigenvalue weighted by Gasteiger charge is 2.41. The Bertz CT molecular complexity index is 428. The molecule has 3 heteroatoms. The zero-order valence-corrected chi connectivity index (χ0v) is 14.6. The summed E-state index contributed by atoms with van der Waals surface area (Å²) in [4.78, 5) is 6.41. The molecule has 0 aromatic carbocycles. The molecule has 1 heterocycles. The minimum absolute atomic E-state index is 0.135. The van der Waals surface area contributed by atoms with Gasteiger partial charge in [-0.15, -0.1) is 11.3 Å². The standard InChI is InChI=1S/C17H30N2S/c1-6-8-18-17(10-12(3)9-13(4)11-17)16-19-15(7-2)14(5)20-16/h12-13,18H,6-11H2,1-5H3. The van der Waals surface area contributed by atoms with Crippen LogP contribution in [0.25, 0.3) is 0 Å². The van der Waals surface area contributed by atoms with Crippen molar-refractivity contribution in [2.45, 2.75) is 72.3 Å². The van der Waals surface area contributed by atoms with E-state index in [-0.39, 0.29) is 5.54 Å². The average Bonchev–Trinajstić information content (AvgIpc) is 2.77. The van der Waals surface area contributed by atoms with Crippen LogP contribution in [-0.2, 0) is 12.0 Å². The molecule has 2 rings (SSSR count). The molecule has 2 atom stereocenters. The summed E-state index contributed by atoms with van der Waals surface area (Å²) >= 11 is 1.93. The van der Waals surface area contributed by atoms with Gasteiger partial charge in [0.15, 0.2) is 0 Å². The van der Waals surface area contributed by atoms with Crippen LogP contribution >= 0.6 is 11.3 Å². The van der Waals surface area contributed by atoms with E-state index in [0.29, 0.717) is 0 Å². The maximum Gasteiger partial charge on any atom is 0.113 e. The molecule has 2 unspecified atom stereocenters. The number of hydrogen-bond acceptors (Lipinski definition) is 3. The molecule has 2 nitrogen and oxygen atoms in total. The van der Waals surface area contributed by atoms with Crippen LogP contribution in [0.15, 0.2) is 0 Å².